The Kier molecular flexibility index (Phi) is 6.56. The summed E-state index contributed by atoms with van der Waals surface area (Å²) in [6.07, 6.45) is -5.12. The molecule has 0 bridgehead atoms. The Labute approximate surface area is 180 Å². The van der Waals surface area contributed by atoms with Gasteiger partial charge in [0.25, 0.3) is 17.5 Å². The second kappa shape index (κ2) is 9.16. The van der Waals surface area contributed by atoms with Crippen molar-refractivity contribution in [3.8, 4) is 0 Å². The minimum atomic E-state index is -4.71. The molecule has 1 aliphatic rings. The molecule has 0 atom stereocenters. The van der Waals surface area contributed by atoms with Crippen molar-refractivity contribution in [2.75, 3.05) is 13.1 Å². The van der Waals surface area contributed by atoms with Crippen LogP contribution in [0.2, 0.25) is 0 Å². The van der Waals surface area contributed by atoms with Gasteiger partial charge in [0.1, 0.15) is 6.54 Å². The van der Waals surface area contributed by atoms with E-state index < -0.39 is 47.6 Å². The lowest BCUT2D eigenvalue weighted by molar-refractivity contribution is -0.385. The van der Waals surface area contributed by atoms with E-state index in [9.17, 15) is 37.7 Å². The lowest BCUT2D eigenvalue weighted by Gasteiger charge is -2.24. The van der Waals surface area contributed by atoms with Gasteiger partial charge in [-0.25, -0.2) is 0 Å². The average Bonchev–Trinajstić information content (AvgIpc) is 2.97. The van der Waals surface area contributed by atoms with E-state index in [-0.39, 0.29) is 36.1 Å². The number of imide groups is 1. The van der Waals surface area contributed by atoms with E-state index in [0.29, 0.717) is 4.90 Å². The number of alkyl halides is 3. The third kappa shape index (κ3) is 5.10. The molecule has 0 spiro atoms. The Hall–Kier alpha value is -3.76. The Morgan fingerprint density at radius 1 is 1.00 bits per heavy atom. The highest BCUT2D eigenvalue weighted by Crippen LogP contribution is 2.25. The molecule has 1 heterocycles. The average molecular weight is 449 g/mol. The molecule has 0 N–H and O–H groups in total. The standard InChI is InChI=1S/C21H18F3N3O5/c22-21(23,24)13-25(12-14-6-1-4-9-17(14)27(31)32)18(28)10-5-11-26-19(29)15-7-2-3-8-16(15)20(26)30/h1-4,6-9H,5,10-13H2. The summed E-state index contributed by atoms with van der Waals surface area (Å²) >= 11 is 0. The van der Waals surface area contributed by atoms with Crippen LogP contribution >= 0.6 is 0 Å². The molecule has 0 saturated heterocycles. The Balaban J connectivity index is 1.67. The van der Waals surface area contributed by atoms with E-state index in [2.05, 4.69) is 0 Å². The Morgan fingerprint density at radius 2 is 1.56 bits per heavy atom. The number of hydrogen-bond acceptors (Lipinski definition) is 5. The number of rotatable bonds is 8. The number of carbonyl (C=O) groups is 3. The quantitative estimate of drug-likeness (QED) is 0.349. The number of hydrogen-bond donors (Lipinski definition) is 0. The maximum Gasteiger partial charge on any atom is 0.406 e. The summed E-state index contributed by atoms with van der Waals surface area (Å²) in [7, 11) is 0. The fourth-order valence-corrected chi connectivity index (χ4v) is 3.47. The predicted molar refractivity (Wildman–Crippen MR) is 106 cm³/mol. The first-order valence-corrected chi connectivity index (χ1v) is 9.60. The zero-order chi connectivity index (χ0) is 23.5. The number of fused-ring (bicyclic) bond motifs is 1. The molecule has 1 aliphatic heterocycles. The van der Waals surface area contributed by atoms with Crippen LogP contribution in [0, 0.1) is 10.1 Å². The van der Waals surface area contributed by atoms with E-state index in [4.69, 9.17) is 0 Å². The largest absolute Gasteiger partial charge is 0.406 e. The monoisotopic (exact) mass is 449 g/mol. The van der Waals surface area contributed by atoms with Gasteiger partial charge in [0.2, 0.25) is 5.91 Å². The highest BCUT2D eigenvalue weighted by molar-refractivity contribution is 6.21. The first-order valence-electron chi connectivity index (χ1n) is 9.60. The number of halogens is 3. The smallest absolute Gasteiger partial charge is 0.329 e. The summed E-state index contributed by atoms with van der Waals surface area (Å²) < 4.78 is 39.1. The van der Waals surface area contributed by atoms with Crippen LogP contribution < -0.4 is 0 Å². The van der Waals surface area contributed by atoms with Crippen LogP contribution in [0.3, 0.4) is 0 Å². The molecule has 0 fully saturated rings. The maximum absolute atomic E-state index is 13.0. The lowest BCUT2D eigenvalue weighted by Crippen LogP contribution is -2.39. The van der Waals surface area contributed by atoms with Gasteiger partial charge in [-0.05, 0) is 18.6 Å². The maximum atomic E-state index is 13.0. The molecule has 3 amide bonds. The topological polar surface area (TPSA) is 101 Å². The van der Waals surface area contributed by atoms with Crippen molar-refractivity contribution < 1.29 is 32.5 Å². The van der Waals surface area contributed by atoms with Crippen LogP contribution in [0.5, 0.6) is 0 Å². The number of carbonyl (C=O) groups excluding carboxylic acids is 3. The van der Waals surface area contributed by atoms with Gasteiger partial charge in [-0.15, -0.1) is 0 Å². The second-order valence-corrected chi connectivity index (χ2v) is 7.16. The van der Waals surface area contributed by atoms with Gasteiger partial charge in [-0.3, -0.25) is 29.4 Å². The summed E-state index contributed by atoms with van der Waals surface area (Å²) in [6.45, 7) is -2.31. The van der Waals surface area contributed by atoms with Crippen molar-refractivity contribution >= 4 is 23.4 Å². The zero-order valence-corrected chi connectivity index (χ0v) is 16.7. The van der Waals surface area contributed by atoms with Gasteiger partial charge >= 0.3 is 6.18 Å². The van der Waals surface area contributed by atoms with Gasteiger partial charge in [0.15, 0.2) is 0 Å². The summed E-state index contributed by atoms with van der Waals surface area (Å²) in [4.78, 5) is 49.1. The second-order valence-electron chi connectivity index (χ2n) is 7.16. The third-order valence-electron chi connectivity index (χ3n) is 4.92. The molecule has 0 radical (unpaired) electrons. The summed E-state index contributed by atoms with van der Waals surface area (Å²) in [5.41, 5.74) is 0.0479. The fraction of sp³-hybridized carbons (Fsp3) is 0.286. The van der Waals surface area contributed by atoms with E-state index >= 15 is 0 Å². The molecule has 32 heavy (non-hydrogen) atoms. The SMILES string of the molecule is O=C(CCCN1C(=O)c2ccccc2C1=O)N(Cc1ccccc1[N+](=O)[O-])CC(F)(F)F. The molecule has 0 aliphatic carbocycles. The minimum absolute atomic E-state index is 0.0320. The highest BCUT2D eigenvalue weighted by Gasteiger charge is 2.36. The molecule has 2 aromatic carbocycles. The van der Waals surface area contributed by atoms with Crippen molar-refractivity contribution in [3.05, 3.63) is 75.3 Å². The van der Waals surface area contributed by atoms with Crippen LogP contribution in [0.15, 0.2) is 48.5 Å². The molecular formula is C21H18F3N3O5. The highest BCUT2D eigenvalue weighted by atomic mass is 19.4. The molecular weight excluding hydrogens is 431 g/mol. The molecule has 3 rings (SSSR count). The number of benzene rings is 2. The van der Waals surface area contributed by atoms with Gasteiger partial charge in [-0.1, -0.05) is 30.3 Å². The Bertz CT molecular complexity index is 1040. The molecule has 8 nitrogen and oxygen atoms in total. The minimum Gasteiger partial charge on any atom is -0.329 e. The molecule has 168 valence electrons. The van der Waals surface area contributed by atoms with Crippen molar-refractivity contribution in [1.29, 1.82) is 0 Å². The van der Waals surface area contributed by atoms with Crippen LogP contribution in [0.25, 0.3) is 0 Å². The summed E-state index contributed by atoms with van der Waals surface area (Å²) in [6, 6.07) is 11.4. The van der Waals surface area contributed by atoms with E-state index in [1.165, 1.54) is 30.3 Å². The van der Waals surface area contributed by atoms with Crippen molar-refractivity contribution in [3.63, 3.8) is 0 Å². The number of nitrogens with zero attached hydrogens (tertiary/aromatic N) is 3. The van der Waals surface area contributed by atoms with Gasteiger partial charge in [0, 0.05) is 24.6 Å². The number of para-hydroxylation sites is 1. The number of amides is 3. The third-order valence-corrected chi connectivity index (χ3v) is 4.92. The first-order chi connectivity index (χ1) is 15.1. The normalized spacial score (nSPS) is 13.3. The molecule has 0 unspecified atom stereocenters. The Morgan fingerprint density at radius 3 is 2.12 bits per heavy atom. The van der Waals surface area contributed by atoms with E-state index in [0.717, 1.165) is 11.0 Å². The lowest BCUT2D eigenvalue weighted by atomic mass is 10.1. The predicted octanol–water partition coefficient (Wildman–Crippen LogP) is 3.56. The summed E-state index contributed by atoms with van der Waals surface area (Å²) in [5.74, 6) is -1.94. The van der Waals surface area contributed by atoms with Crippen LogP contribution in [-0.4, -0.2) is 51.7 Å². The van der Waals surface area contributed by atoms with E-state index in [1.807, 2.05) is 0 Å². The van der Waals surface area contributed by atoms with Gasteiger partial charge in [-0.2, -0.15) is 13.2 Å². The molecule has 0 aromatic heterocycles. The first kappa shape index (κ1) is 22.9. The van der Waals surface area contributed by atoms with Crippen LogP contribution in [0.4, 0.5) is 18.9 Å². The molecule has 2 aromatic rings. The fourth-order valence-electron chi connectivity index (χ4n) is 3.47. The van der Waals surface area contributed by atoms with E-state index in [1.54, 1.807) is 12.1 Å². The molecule has 11 heteroatoms. The van der Waals surface area contributed by atoms with Crippen LogP contribution in [-0.2, 0) is 11.3 Å². The molecule has 0 saturated carbocycles. The van der Waals surface area contributed by atoms with Crippen molar-refractivity contribution in [2.45, 2.75) is 25.6 Å². The number of nitro groups is 1. The summed E-state index contributed by atoms with van der Waals surface area (Å²) in [5, 5.41) is 11.1. The van der Waals surface area contributed by atoms with Crippen molar-refractivity contribution in [1.82, 2.24) is 9.80 Å². The van der Waals surface area contributed by atoms with Gasteiger partial charge in [0.05, 0.1) is 22.6 Å². The van der Waals surface area contributed by atoms with Gasteiger partial charge < -0.3 is 4.90 Å². The number of nitro benzene ring substituents is 1. The van der Waals surface area contributed by atoms with Crippen LogP contribution in [0.1, 0.15) is 39.1 Å². The van der Waals surface area contributed by atoms with Crippen molar-refractivity contribution in [2.24, 2.45) is 0 Å². The zero-order valence-electron chi connectivity index (χ0n) is 16.7.